The van der Waals surface area contributed by atoms with Gasteiger partial charge in [0.15, 0.2) is 5.17 Å². The molecule has 0 aliphatic carbocycles. The van der Waals surface area contributed by atoms with Crippen molar-refractivity contribution in [3.8, 4) is 0 Å². The van der Waals surface area contributed by atoms with Gasteiger partial charge in [-0.2, -0.15) is 4.99 Å². The second-order valence-electron chi connectivity index (χ2n) is 5.83. The molecular formula is C17H20N4O4S2. The lowest BCUT2D eigenvalue weighted by Crippen LogP contribution is -2.42. The largest absolute Gasteiger partial charge is 0.468 e. The Morgan fingerprint density at radius 3 is 2.44 bits per heavy atom. The molecule has 1 aliphatic rings. The molecule has 1 heterocycles. The number of nitrogens with one attached hydrogen (secondary N) is 1. The fraction of sp³-hybridized carbons (Fsp3) is 0.353. The van der Waals surface area contributed by atoms with Crippen molar-refractivity contribution in [1.82, 2.24) is 10.2 Å². The Morgan fingerprint density at radius 1 is 1.30 bits per heavy atom. The number of rotatable bonds is 5. The Bertz CT molecular complexity index is 795. The number of nitrogens with two attached hydrogens (primary N) is 1. The molecule has 1 saturated heterocycles. The topological polar surface area (TPSA) is 114 Å². The van der Waals surface area contributed by atoms with Crippen molar-refractivity contribution >= 4 is 51.9 Å². The maximum absolute atomic E-state index is 12.4. The van der Waals surface area contributed by atoms with Crippen LogP contribution < -0.4 is 11.1 Å². The van der Waals surface area contributed by atoms with Crippen molar-refractivity contribution in [3.63, 3.8) is 0 Å². The predicted octanol–water partition coefficient (Wildman–Crippen LogP) is 0.542. The summed E-state index contributed by atoms with van der Waals surface area (Å²) >= 11 is 6.06. The van der Waals surface area contributed by atoms with E-state index in [9.17, 15) is 14.4 Å². The van der Waals surface area contributed by atoms with E-state index in [0.717, 1.165) is 0 Å². The summed E-state index contributed by atoms with van der Waals surface area (Å²) in [5, 5.41) is 2.46. The van der Waals surface area contributed by atoms with Gasteiger partial charge in [0.1, 0.15) is 16.8 Å². The van der Waals surface area contributed by atoms with E-state index in [0.29, 0.717) is 16.3 Å². The van der Waals surface area contributed by atoms with Gasteiger partial charge < -0.3 is 20.7 Å². The van der Waals surface area contributed by atoms with Crippen LogP contribution in [0.15, 0.2) is 29.3 Å². The SMILES string of the molecule is COC(=O)CNC(=O)C1SC(=NC(=O)c2ccc(C(N)=S)cc2)N(C)C1C. The van der Waals surface area contributed by atoms with Gasteiger partial charge in [-0.15, -0.1) is 0 Å². The zero-order valence-electron chi connectivity index (χ0n) is 15.1. The van der Waals surface area contributed by atoms with Crippen LogP contribution >= 0.6 is 24.0 Å². The van der Waals surface area contributed by atoms with Crippen molar-refractivity contribution in [1.29, 1.82) is 0 Å². The summed E-state index contributed by atoms with van der Waals surface area (Å²) in [6.45, 7) is 1.64. The molecule has 1 aromatic carbocycles. The lowest BCUT2D eigenvalue weighted by Gasteiger charge is -2.19. The molecule has 144 valence electrons. The molecule has 0 spiro atoms. The minimum Gasteiger partial charge on any atom is -0.468 e. The van der Waals surface area contributed by atoms with Crippen LogP contribution in [0, 0.1) is 0 Å². The zero-order chi connectivity index (χ0) is 20.1. The highest BCUT2D eigenvalue weighted by Crippen LogP contribution is 2.30. The van der Waals surface area contributed by atoms with Gasteiger partial charge in [0.05, 0.1) is 7.11 Å². The zero-order valence-corrected chi connectivity index (χ0v) is 16.7. The number of amidine groups is 1. The predicted molar refractivity (Wildman–Crippen MR) is 108 cm³/mol. The summed E-state index contributed by atoms with van der Waals surface area (Å²) in [6.07, 6.45) is 0. The Balaban J connectivity index is 2.09. The van der Waals surface area contributed by atoms with Crippen LogP contribution in [-0.4, -0.2) is 64.8 Å². The van der Waals surface area contributed by atoms with E-state index >= 15 is 0 Å². The van der Waals surface area contributed by atoms with Gasteiger partial charge >= 0.3 is 5.97 Å². The number of hydrogen-bond acceptors (Lipinski definition) is 6. The van der Waals surface area contributed by atoms with E-state index in [1.807, 2.05) is 6.92 Å². The molecular weight excluding hydrogens is 388 g/mol. The molecule has 0 radical (unpaired) electrons. The summed E-state index contributed by atoms with van der Waals surface area (Å²) in [6, 6.07) is 6.32. The molecule has 1 aliphatic heterocycles. The molecule has 0 bridgehead atoms. The van der Waals surface area contributed by atoms with Crippen LogP contribution in [0.25, 0.3) is 0 Å². The first-order valence-corrected chi connectivity index (χ1v) is 9.30. The number of thioether (sulfide) groups is 1. The third kappa shape index (κ3) is 5.04. The number of nitrogens with zero attached hydrogens (tertiary/aromatic N) is 2. The molecule has 2 rings (SSSR count). The molecule has 0 saturated carbocycles. The highest BCUT2D eigenvalue weighted by molar-refractivity contribution is 8.15. The number of esters is 1. The number of ether oxygens (including phenoxy) is 1. The van der Waals surface area contributed by atoms with Crippen LogP contribution in [0.4, 0.5) is 0 Å². The van der Waals surface area contributed by atoms with E-state index < -0.39 is 17.1 Å². The van der Waals surface area contributed by atoms with Crippen molar-refractivity contribution in [2.75, 3.05) is 20.7 Å². The van der Waals surface area contributed by atoms with Gasteiger partial charge in [0.25, 0.3) is 5.91 Å². The van der Waals surface area contributed by atoms with Gasteiger partial charge in [0.2, 0.25) is 5.91 Å². The molecule has 10 heteroatoms. The standard InChI is InChI=1S/C17H20N4O4S2/c1-9-13(16(24)19-8-12(22)25-3)27-17(21(9)2)20-15(23)11-6-4-10(5-7-11)14(18)26/h4-7,9,13H,8H2,1-3H3,(H2,18,26)(H,19,24). The Hall–Kier alpha value is -2.46. The first-order chi connectivity index (χ1) is 12.7. The molecule has 2 atom stereocenters. The smallest absolute Gasteiger partial charge is 0.325 e. The van der Waals surface area contributed by atoms with E-state index in [1.54, 1.807) is 36.2 Å². The number of hydrogen-bond donors (Lipinski definition) is 2. The quantitative estimate of drug-likeness (QED) is 0.536. The van der Waals surface area contributed by atoms with E-state index in [2.05, 4.69) is 15.0 Å². The number of methoxy groups -OCH3 is 1. The molecule has 2 unspecified atom stereocenters. The van der Waals surface area contributed by atoms with Crippen LogP contribution in [0.1, 0.15) is 22.8 Å². The number of thiocarbonyl (C=S) groups is 1. The summed E-state index contributed by atoms with van der Waals surface area (Å²) in [5.74, 6) is -1.28. The van der Waals surface area contributed by atoms with Gasteiger partial charge in [0, 0.05) is 24.2 Å². The van der Waals surface area contributed by atoms with E-state index in [1.165, 1.54) is 18.9 Å². The number of aliphatic imine (C=N–C) groups is 1. The second kappa shape index (κ2) is 8.96. The molecule has 8 nitrogen and oxygen atoms in total. The van der Waals surface area contributed by atoms with Crippen molar-refractivity contribution in [3.05, 3.63) is 35.4 Å². The lowest BCUT2D eigenvalue weighted by atomic mass is 10.1. The Morgan fingerprint density at radius 2 is 1.89 bits per heavy atom. The summed E-state index contributed by atoms with van der Waals surface area (Å²) < 4.78 is 4.50. The Labute approximate surface area is 166 Å². The number of benzene rings is 1. The fourth-order valence-corrected chi connectivity index (χ4v) is 3.71. The number of carbonyl (C=O) groups is 3. The minimum atomic E-state index is -0.531. The van der Waals surface area contributed by atoms with Crippen LogP contribution in [-0.2, 0) is 14.3 Å². The first kappa shape index (κ1) is 20.8. The van der Waals surface area contributed by atoms with Crippen LogP contribution in [0.2, 0.25) is 0 Å². The fourth-order valence-electron chi connectivity index (χ4n) is 2.31. The van der Waals surface area contributed by atoms with Gasteiger partial charge in [-0.05, 0) is 19.1 Å². The van der Waals surface area contributed by atoms with Crippen molar-refractivity contribution < 1.29 is 19.1 Å². The van der Waals surface area contributed by atoms with Crippen molar-refractivity contribution in [2.24, 2.45) is 10.7 Å². The normalized spacial score (nSPS) is 20.4. The molecule has 1 fully saturated rings. The first-order valence-electron chi connectivity index (χ1n) is 8.01. The average Bonchev–Trinajstić information content (AvgIpc) is 2.94. The van der Waals surface area contributed by atoms with E-state index in [4.69, 9.17) is 18.0 Å². The summed E-state index contributed by atoms with van der Waals surface area (Å²) in [4.78, 5) is 42.0. The maximum Gasteiger partial charge on any atom is 0.325 e. The van der Waals surface area contributed by atoms with Crippen LogP contribution in [0.3, 0.4) is 0 Å². The maximum atomic E-state index is 12.4. The highest BCUT2D eigenvalue weighted by atomic mass is 32.2. The molecule has 1 aromatic rings. The minimum absolute atomic E-state index is 0.198. The van der Waals surface area contributed by atoms with Crippen molar-refractivity contribution in [2.45, 2.75) is 18.2 Å². The average molecular weight is 409 g/mol. The third-order valence-electron chi connectivity index (χ3n) is 4.09. The Kier molecular flexibility index (Phi) is 6.92. The van der Waals surface area contributed by atoms with E-state index in [-0.39, 0.29) is 23.5 Å². The highest BCUT2D eigenvalue weighted by Gasteiger charge is 2.39. The van der Waals surface area contributed by atoms with Gasteiger partial charge in [-0.25, -0.2) is 0 Å². The lowest BCUT2D eigenvalue weighted by molar-refractivity contribution is -0.141. The summed E-state index contributed by atoms with van der Waals surface area (Å²) in [5.41, 5.74) is 6.60. The summed E-state index contributed by atoms with van der Waals surface area (Å²) in [7, 11) is 3.01. The molecule has 2 amide bonds. The monoisotopic (exact) mass is 408 g/mol. The molecule has 27 heavy (non-hydrogen) atoms. The number of carbonyl (C=O) groups excluding carboxylic acids is 3. The third-order valence-corrected chi connectivity index (χ3v) is 5.78. The van der Waals surface area contributed by atoms with Gasteiger partial charge in [-0.3, -0.25) is 14.4 Å². The second-order valence-corrected chi connectivity index (χ2v) is 7.37. The van der Waals surface area contributed by atoms with Gasteiger partial charge in [-0.1, -0.05) is 36.1 Å². The molecule has 0 aromatic heterocycles. The van der Waals surface area contributed by atoms with Crippen LogP contribution in [0.5, 0.6) is 0 Å². The molecule has 3 N–H and O–H groups in total. The number of amides is 2.